The first kappa shape index (κ1) is 13.5. The van der Waals surface area contributed by atoms with Crippen LogP contribution in [-0.4, -0.2) is 0 Å². The zero-order chi connectivity index (χ0) is 12.7. The van der Waals surface area contributed by atoms with Crippen LogP contribution in [0.15, 0.2) is 60.2 Å². The van der Waals surface area contributed by atoms with Gasteiger partial charge < -0.3 is 0 Å². The highest BCUT2D eigenvalue weighted by molar-refractivity contribution is 5.41. The molecule has 0 nitrogen and oxygen atoms in total. The zero-order valence-corrected chi connectivity index (χ0v) is 11.2. The van der Waals surface area contributed by atoms with Crippen LogP contribution in [0.5, 0.6) is 0 Å². The minimum Gasteiger partial charge on any atom is -0.0949 e. The van der Waals surface area contributed by atoms with Crippen LogP contribution in [0.4, 0.5) is 0 Å². The summed E-state index contributed by atoms with van der Waals surface area (Å²) in [5.41, 5.74) is 5.08. The molecule has 90 valence electrons. The van der Waals surface area contributed by atoms with Gasteiger partial charge in [0.15, 0.2) is 0 Å². The van der Waals surface area contributed by atoms with Gasteiger partial charge in [0.05, 0.1) is 0 Å². The maximum Gasteiger partial charge on any atom is -0.00258 e. The van der Waals surface area contributed by atoms with E-state index in [1.807, 2.05) is 6.92 Å². The van der Waals surface area contributed by atoms with Gasteiger partial charge in [-0.1, -0.05) is 61.6 Å². The van der Waals surface area contributed by atoms with Gasteiger partial charge in [-0.05, 0) is 43.4 Å². The molecule has 0 fully saturated rings. The van der Waals surface area contributed by atoms with E-state index in [9.17, 15) is 0 Å². The Morgan fingerprint density at radius 3 is 2.41 bits per heavy atom. The summed E-state index contributed by atoms with van der Waals surface area (Å²) >= 11 is 0. The SMILES string of the molecule is C=C(Cc1ccc(C)cc1)C(/C=C\C)=C/CC. The van der Waals surface area contributed by atoms with Crippen LogP contribution in [0, 0.1) is 6.92 Å². The van der Waals surface area contributed by atoms with Gasteiger partial charge in [-0.15, -0.1) is 0 Å². The summed E-state index contributed by atoms with van der Waals surface area (Å²) in [6.45, 7) is 10.5. The number of hydrogen-bond acceptors (Lipinski definition) is 0. The molecular formula is C17H22. The van der Waals surface area contributed by atoms with Gasteiger partial charge >= 0.3 is 0 Å². The van der Waals surface area contributed by atoms with Crippen molar-refractivity contribution in [2.45, 2.75) is 33.6 Å². The molecule has 0 aromatic heterocycles. The summed E-state index contributed by atoms with van der Waals surface area (Å²) in [5, 5.41) is 0. The number of allylic oxidation sites excluding steroid dienone is 5. The summed E-state index contributed by atoms with van der Waals surface area (Å²) < 4.78 is 0. The number of rotatable bonds is 5. The summed E-state index contributed by atoms with van der Waals surface area (Å²) in [6.07, 6.45) is 8.42. The molecule has 0 unspecified atom stereocenters. The van der Waals surface area contributed by atoms with Gasteiger partial charge in [0.25, 0.3) is 0 Å². The predicted molar refractivity (Wildman–Crippen MR) is 77.2 cm³/mol. The Labute approximate surface area is 105 Å². The van der Waals surface area contributed by atoms with Gasteiger partial charge in [0.2, 0.25) is 0 Å². The van der Waals surface area contributed by atoms with Gasteiger partial charge in [-0.25, -0.2) is 0 Å². The van der Waals surface area contributed by atoms with Crippen LogP contribution in [0.3, 0.4) is 0 Å². The number of aryl methyl sites for hydroxylation is 1. The summed E-state index contributed by atoms with van der Waals surface area (Å²) in [7, 11) is 0. The van der Waals surface area contributed by atoms with Gasteiger partial charge in [-0.3, -0.25) is 0 Å². The van der Waals surface area contributed by atoms with Crippen molar-refractivity contribution in [1.29, 1.82) is 0 Å². The van der Waals surface area contributed by atoms with Crippen LogP contribution in [0.2, 0.25) is 0 Å². The van der Waals surface area contributed by atoms with Crippen LogP contribution >= 0.6 is 0 Å². The molecule has 0 radical (unpaired) electrons. The van der Waals surface area contributed by atoms with Crippen LogP contribution in [-0.2, 0) is 6.42 Å². The Morgan fingerprint density at radius 2 is 1.88 bits per heavy atom. The van der Waals surface area contributed by atoms with Crippen molar-refractivity contribution < 1.29 is 0 Å². The summed E-state index contributed by atoms with van der Waals surface area (Å²) in [4.78, 5) is 0. The minimum atomic E-state index is 0.927. The highest BCUT2D eigenvalue weighted by Gasteiger charge is 2.00. The highest BCUT2D eigenvalue weighted by atomic mass is 14.1. The van der Waals surface area contributed by atoms with E-state index in [-0.39, 0.29) is 0 Å². The van der Waals surface area contributed by atoms with Gasteiger partial charge in [0, 0.05) is 0 Å². The van der Waals surface area contributed by atoms with E-state index in [1.54, 1.807) is 0 Å². The molecule has 1 aromatic carbocycles. The van der Waals surface area contributed by atoms with Crippen molar-refractivity contribution in [3.8, 4) is 0 Å². The third kappa shape index (κ3) is 4.44. The van der Waals surface area contributed by atoms with E-state index in [1.165, 1.54) is 22.3 Å². The van der Waals surface area contributed by atoms with Crippen molar-refractivity contribution in [2.24, 2.45) is 0 Å². The standard InChI is InChI=1S/C17H22/c1-5-7-17(8-6-2)15(4)13-16-11-9-14(3)10-12-16/h5,7-12H,4,6,13H2,1-3H3/b7-5-,17-8+. The molecule has 0 amide bonds. The quantitative estimate of drug-likeness (QED) is 0.619. The van der Waals surface area contributed by atoms with E-state index < -0.39 is 0 Å². The minimum absolute atomic E-state index is 0.927. The molecule has 0 aliphatic heterocycles. The Morgan fingerprint density at radius 1 is 1.24 bits per heavy atom. The lowest BCUT2D eigenvalue weighted by Gasteiger charge is -2.07. The van der Waals surface area contributed by atoms with Crippen LogP contribution in [0.25, 0.3) is 0 Å². The second-order valence-corrected chi connectivity index (χ2v) is 4.33. The first-order valence-electron chi connectivity index (χ1n) is 6.24. The lowest BCUT2D eigenvalue weighted by molar-refractivity contribution is 1.14. The average molecular weight is 226 g/mol. The van der Waals surface area contributed by atoms with E-state index in [4.69, 9.17) is 0 Å². The lowest BCUT2D eigenvalue weighted by Crippen LogP contribution is -1.92. The Bertz CT molecular complexity index is 416. The first-order chi connectivity index (χ1) is 8.17. The van der Waals surface area contributed by atoms with E-state index in [0.29, 0.717) is 0 Å². The smallest absolute Gasteiger partial charge is 0.00258 e. The molecular weight excluding hydrogens is 204 g/mol. The normalized spacial score (nSPS) is 12.1. The molecule has 0 heteroatoms. The van der Waals surface area contributed by atoms with E-state index in [2.05, 4.69) is 62.9 Å². The molecule has 0 heterocycles. The molecule has 1 aromatic rings. The van der Waals surface area contributed by atoms with Crippen LogP contribution in [0.1, 0.15) is 31.4 Å². The maximum atomic E-state index is 4.19. The van der Waals surface area contributed by atoms with E-state index >= 15 is 0 Å². The molecule has 0 bridgehead atoms. The first-order valence-corrected chi connectivity index (χ1v) is 6.24. The third-order valence-corrected chi connectivity index (χ3v) is 2.72. The van der Waals surface area contributed by atoms with Crippen molar-refractivity contribution >= 4 is 0 Å². The Balaban J connectivity index is 2.77. The van der Waals surface area contributed by atoms with E-state index in [0.717, 1.165) is 12.8 Å². The van der Waals surface area contributed by atoms with Gasteiger partial charge in [-0.2, -0.15) is 0 Å². The maximum absolute atomic E-state index is 4.19. The number of benzene rings is 1. The van der Waals surface area contributed by atoms with Crippen molar-refractivity contribution in [3.05, 3.63) is 71.3 Å². The van der Waals surface area contributed by atoms with Crippen molar-refractivity contribution in [2.75, 3.05) is 0 Å². The second kappa shape index (κ2) is 6.90. The molecule has 0 aliphatic rings. The molecule has 17 heavy (non-hydrogen) atoms. The summed E-state index contributed by atoms with van der Waals surface area (Å²) in [6, 6.07) is 8.67. The zero-order valence-electron chi connectivity index (χ0n) is 11.2. The fourth-order valence-electron chi connectivity index (χ4n) is 1.78. The molecule has 0 spiro atoms. The molecule has 0 saturated carbocycles. The molecule has 0 aliphatic carbocycles. The summed E-state index contributed by atoms with van der Waals surface area (Å²) in [5.74, 6) is 0. The lowest BCUT2D eigenvalue weighted by atomic mass is 9.98. The molecule has 0 N–H and O–H groups in total. The third-order valence-electron chi connectivity index (χ3n) is 2.72. The predicted octanol–water partition coefficient (Wildman–Crippen LogP) is 5.01. The second-order valence-electron chi connectivity index (χ2n) is 4.33. The monoisotopic (exact) mass is 226 g/mol. The fourth-order valence-corrected chi connectivity index (χ4v) is 1.78. The molecule has 0 saturated heterocycles. The average Bonchev–Trinajstić information content (AvgIpc) is 2.32. The van der Waals surface area contributed by atoms with Gasteiger partial charge in [0.1, 0.15) is 0 Å². The Hall–Kier alpha value is -1.56. The van der Waals surface area contributed by atoms with Crippen molar-refractivity contribution in [3.63, 3.8) is 0 Å². The highest BCUT2D eigenvalue weighted by Crippen LogP contribution is 2.17. The topological polar surface area (TPSA) is 0 Å². The number of hydrogen-bond donors (Lipinski definition) is 0. The largest absolute Gasteiger partial charge is 0.0949 e. The molecule has 1 rings (SSSR count). The van der Waals surface area contributed by atoms with Crippen molar-refractivity contribution in [1.82, 2.24) is 0 Å². The van der Waals surface area contributed by atoms with Crippen LogP contribution < -0.4 is 0 Å². The fraction of sp³-hybridized carbons (Fsp3) is 0.294. The Kier molecular flexibility index (Phi) is 5.48. The molecule has 0 atom stereocenters.